The normalized spacial score (nSPS) is 11.0. The van der Waals surface area contributed by atoms with Crippen molar-refractivity contribution in [3.8, 4) is 11.8 Å². The summed E-state index contributed by atoms with van der Waals surface area (Å²) >= 11 is 1.31. The second kappa shape index (κ2) is 10.3. The number of anilines is 1. The molecule has 0 spiro atoms. The van der Waals surface area contributed by atoms with Crippen molar-refractivity contribution in [2.75, 3.05) is 11.9 Å². The Bertz CT molecular complexity index is 1070. The summed E-state index contributed by atoms with van der Waals surface area (Å²) < 4.78 is 18.5. The first-order valence-electron chi connectivity index (χ1n) is 9.42. The van der Waals surface area contributed by atoms with Crippen molar-refractivity contribution in [1.82, 2.24) is 4.98 Å². The quantitative estimate of drug-likeness (QED) is 0.400. The fraction of sp³-hybridized carbons (Fsp3) is 0.174. The van der Waals surface area contributed by atoms with Crippen molar-refractivity contribution in [3.05, 3.63) is 82.1 Å². The molecule has 0 unspecified atom stereocenters. The molecule has 0 atom stereocenters. The number of carbonyl (C=O) groups is 1. The molecule has 7 heteroatoms. The smallest absolute Gasteiger partial charge is 0.268 e. The van der Waals surface area contributed by atoms with Gasteiger partial charge in [-0.15, -0.1) is 11.3 Å². The molecular formula is C23H20FN3O2S. The average molecular weight is 421 g/mol. The first-order valence-corrected chi connectivity index (χ1v) is 10.2. The van der Waals surface area contributed by atoms with Crippen LogP contribution in [-0.4, -0.2) is 17.5 Å². The second-order valence-corrected chi connectivity index (χ2v) is 7.59. The first kappa shape index (κ1) is 21.2. The van der Waals surface area contributed by atoms with Crippen LogP contribution >= 0.6 is 11.3 Å². The fourth-order valence-electron chi connectivity index (χ4n) is 2.61. The van der Waals surface area contributed by atoms with E-state index in [0.29, 0.717) is 18.2 Å². The Hall–Kier alpha value is -3.50. The molecule has 1 N–H and O–H groups in total. The van der Waals surface area contributed by atoms with Crippen LogP contribution in [0.3, 0.4) is 0 Å². The minimum absolute atomic E-state index is 0.0208. The molecule has 1 aromatic heterocycles. The van der Waals surface area contributed by atoms with Crippen LogP contribution in [0.4, 0.5) is 9.52 Å². The van der Waals surface area contributed by atoms with Crippen molar-refractivity contribution >= 4 is 28.5 Å². The predicted octanol–water partition coefficient (Wildman–Crippen LogP) is 5.21. The van der Waals surface area contributed by atoms with E-state index in [-0.39, 0.29) is 11.4 Å². The number of halogens is 1. The summed E-state index contributed by atoms with van der Waals surface area (Å²) in [6.45, 7) is 2.67. The van der Waals surface area contributed by atoms with Crippen molar-refractivity contribution < 1.29 is 13.9 Å². The van der Waals surface area contributed by atoms with E-state index < -0.39 is 5.91 Å². The zero-order chi connectivity index (χ0) is 21.3. The topological polar surface area (TPSA) is 75.0 Å². The van der Waals surface area contributed by atoms with E-state index in [0.717, 1.165) is 28.2 Å². The molecule has 0 radical (unpaired) electrons. The van der Waals surface area contributed by atoms with Gasteiger partial charge in [-0.3, -0.25) is 10.1 Å². The Morgan fingerprint density at radius 2 is 1.97 bits per heavy atom. The molecule has 3 aromatic rings. The number of hydrogen-bond donors (Lipinski definition) is 1. The zero-order valence-corrected chi connectivity index (χ0v) is 17.2. The third kappa shape index (κ3) is 6.00. The van der Waals surface area contributed by atoms with Crippen LogP contribution in [0.1, 0.15) is 29.3 Å². The molecular weight excluding hydrogens is 401 g/mol. The number of amides is 1. The van der Waals surface area contributed by atoms with Crippen LogP contribution in [0.15, 0.2) is 60.3 Å². The highest BCUT2D eigenvalue weighted by Crippen LogP contribution is 2.22. The number of thiazole rings is 1. The lowest BCUT2D eigenvalue weighted by Gasteiger charge is -2.04. The predicted molar refractivity (Wildman–Crippen MR) is 116 cm³/mol. The van der Waals surface area contributed by atoms with Gasteiger partial charge in [-0.25, -0.2) is 9.37 Å². The molecule has 0 aliphatic carbocycles. The molecule has 0 saturated heterocycles. The van der Waals surface area contributed by atoms with Gasteiger partial charge in [0, 0.05) is 17.5 Å². The van der Waals surface area contributed by atoms with Crippen molar-refractivity contribution in [2.45, 2.75) is 19.8 Å². The van der Waals surface area contributed by atoms with Crippen LogP contribution in [-0.2, 0) is 11.2 Å². The van der Waals surface area contributed by atoms with Gasteiger partial charge in [0.25, 0.3) is 5.91 Å². The van der Waals surface area contributed by atoms with Crippen LogP contribution in [0.5, 0.6) is 5.75 Å². The van der Waals surface area contributed by atoms with Gasteiger partial charge in [0.05, 0.1) is 6.61 Å². The molecule has 0 saturated carbocycles. The van der Waals surface area contributed by atoms with Crippen LogP contribution in [0, 0.1) is 17.1 Å². The van der Waals surface area contributed by atoms with E-state index in [1.807, 2.05) is 13.0 Å². The van der Waals surface area contributed by atoms with E-state index in [9.17, 15) is 14.4 Å². The summed E-state index contributed by atoms with van der Waals surface area (Å²) in [5.41, 5.74) is 1.65. The minimum atomic E-state index is -0.522. The van der Waals surface area contributed by atoms with Crippen LogP contribution in [0.2, 0.25) is 0 Å². The zero-order valence-electron chi connectivity index (χ0n) is 16.4. The van der Waals surface area contributed by atoms with Crippen molar-refractivity contribution in [2.24, 2.45) is 0 Å². The first-order chi connectivity index (χ1) is 14.6. The molecule has 3 rings (SSSR count). The SMILES string of the molecule is CCCOc1ccc(/C=C(\C#N)C(=O)Nc2ncc(Cc3ccc(F)cc3)s2)cc1. The van der Waals surface area contributed by atoms with Gasteiger partial charge in [0.15, 0.2) is 5.13 Å². The van der Waals surface area contributed by atoms with Crippen LogP contribution < -0.4 is 10.1 Å². The number of nitrogens with one attached hydrogen (secondary N) is 1. The molecule has 2 aromatic carbocycles. The number of nitriles is 1. The van der Waals surface area contributed by atoms with Crippen molar-refractivity contribution in [1.29, 1.82) is 5.26 Å². The van der Waals surface area contributed by atoms with Gasteiger partial charge in [0.1, 0.15) is 23.2 Å². The molecule has 0 bridgehead atoms. The number of aromatic nitrogens is 1. The van der Waals surface area contributed by atoms with E-state index in [2.05, 4.69) is 10.3 Å². The van der Waals surface area contributed by atoms with Gasteiger partial charge >= 0.3 is 0 Å². The number of benzene rings is 2. The van der Waals surface area contributed by atoms with E-state index >= 15 is 0 Å². The lowest BCUT2D eigenvalue weighted by atomic mass is 10.1. The molecule has 30 heavy (non-hydrogen) atoms. The maximum Gasteiger partial charge on any atom is 0.268 e. The monoisotopic (exact) mass is 421 g/mol. The van der Waals surface area contributed by atoms with Gasteiger partial charge in [-0.2, -0.15) is 5.26 Å². The summed E-state index contributed by atoms with van der Waals surface area (Å²) in [5, 5.41) is 12.4. The third-order valence-corrected chi connectivity index (χ3v) is 5.01. The lowest BCUT2D eigenvalue weighted by molar-refractivity contribution is -0.112. The maximum atomic E-state index is 13.0. The summed E-state index contributed by atoms with van der Waals surface area (Å²) in [5.74, 6) is -0.0603. The second-order valence-electron chi connectivity index (χ2n) is 6.48. The fourth-order valence-corrected chi connectivity index (χ4v) is 3.45. The Morgan fingerprint density at radius 1 is 1.23 bits per heavy atom. The summed E-state index contributed by atoms with van der Waals surface area (Å²) in [6.07, 6.45) is 4.68. The molecule has 0 aliphatic rings. The Kier molecular flexibility index (Phi) is 7.30. The Labute approximate surface area is 178 Å². The minimum Gasteiger partial charge on any atom is -0.494 e. The molecule has 1 heterocycles. The van der Waals surface area contributed by atoms with Crippen molar-refractivity contribution in [3.63, 3.8) is 0 Å². The average Bonchev–Trinajstić information content (AvgIpc) is 3.19. The highest BCUT2D eigenvalue weighted by Gasteiger charge is 2.12. The molecule has 5 nitrogen and oxygen atoms in total. The van der Waals surface area contributed by atoms with Gasteiger partial charge in [0.2, 0.25) is 0 Å². The van der Waals surface area contributed by atoms with E-state index in [4.69, 9.17) is 4.74 Å². The summed E-state index contributed by atoms with van der Waals surface area (Å²) in [6, 6.07) is 15.4. The third-order valence-electron chi connectivity index (χ3n) is 4.09. The number of rotatable bonds is 8. The largest absolute Gasteiger partial charge is 0.494 e. The van der Waals surface area contributed by atoms with E-state index in [1.54, 1.807) is 42.6 Å². The number of hydrogen-bond acceptors (Lipinski definition) is 5. The Balaban J connectivity index is 1.63. The molecule has 0 aliphatic heterocycles. The maximum absolute atomic E-state index is 13.0. The Morgan fingerprint density at radius 3 is 2.63 bits per heavy atom. The molecule has 0 fully saturated rings. The summed E-state index contributed by atoms with van der Waals surface area (Å²) in [4.78, 5) is 17.6. The molecule has 1 amide bonds. The van der Waals surface area contributed by atoms with Crippen LogP contribution in [0.25, 0.3) is 6.08 Å². The molecule has 152 valence electrons. The summed E-state index contributed by atoms with van der Waals surface area (Å²) in [7, 11) is 0. The van der Waals surface area contributed by atoms with Gasteiger partial charge in [-0.1, -0.05) is 31.2 Å². The number of nitrogens with zero attached hydrogens (tertiary/aromatic N) is 2. The van der Waals surface area contributed by atoms with Gasteiger partial charge < -0.3 is 4.74 Å². The lowest BCUT2D eigenvalue weighted by Crippen LogP contribution is -2.13. The number of ether oxygens (including phenoxy) is 1. The van der Waals surface area contributed by atoms with E-state index in [1.165, 1.54) is 29.5 Å². The van der Waals surface area contributed by atoms with Gasteiger partial charge in [-0.05, 0) is 47.9 Å². The highest BCUT2D eigenvalue weighted by molar-refractivity contribution is 7.15. The standard InChI is InChI=1S/C23H20FN3O2S/c1-2-11-29-20-9-5-16(6-10-20)12-18(14-25)22(28)27-23-26-15-21(30-23)13-17-3-7-19(24)8-4-17/h3-10,12,15H,2,11,13H2,1H3,(H,26,27,28)/b18-12+. The number of carbonyl (C=O) groups excluding carboxylic acids is 1. The highest BCUT2D eigenvalue weighted by atomic mass is 32.1.